The van der Waals surface area contributed by atoms with Crippen molar-refractivity contribution in [2.75, 3.05) is 31.5 Å². The van der Waals surface area contributed by atoms with Gasteiger partial charge in [0.05, 0.1) is 11.2 Å². The molecule has 0 atom stereocenters. The Kier molecular flexibility index (Phi) is 6.21. The summed E-state index contributed by atoms with van der Waals surface area (Å²) in [6, 6.07) is 13.8. The highest BCUT2D eigenvalue weighted by molar-refractivity contribution is 7.89. The molecule has 1 N–H and O–H groups in total. The van der Waals surface area contributed by atoms with Crippen LogP contribution in [0.3, 0.4) is 0 Å². The first kappa shape index (κ1) is 23.3. The predicted molar refractivity (Wildman–Crippen MR) is 131 cm³/mol. The van der Waals surface area contributed by atoms with Crippen molar-refractivity contribution in [3.8, 4) is 0 Å². The summed E-state index contributed by atoms with van der Waals surface area (Å²) in [4.78, 5) is 27.5. The summed E-state index contributed by atoms with van der Waals surface area (Å²) in [6.07, 6.45) is 4.41. The summed E-state index contributed by atoms with van der Waals surface area (Å²) in [5.74, 6) is -0.414. The van der Waals surface area contributed by atoms with E-state index < -0.39 is 15.9 Å². The smallest absolute Gasteiger partial charge is 0.291 e. The van der Waals surface area contributed by atoms with Crippen LogP contribution in [0.5, 0.6) is 0 Å². The van der Waals surface area contributed by atoms with Gasteiger partial charge in [0.15, 0.2) is 5.76 Å². The molecule has 1 aromatic heterocycles. The van der Waals surface area contributed by atoms with Crippen molar-refractivity contribution < 1.29 is 22.4 Å². The third-order valence-corrected chi connectivity index (χ3v) is 8.61. The molecule has 3 aromatic rings. The van der Waals surface area contributed by atoms with Gasteiger partial charge >= 0.3 is 0 Å². The number of furan rings is 1. The maximum Gasteiger partial charge on any atom is 0.291 e. The Balaban J connectivity index is 1.26. The lowest BCUT2D eigenvalue weighted by molar-refractivity contribution is 0.0697. The van der Waals surface area contributed by atoms with Crippen LogP contribution in [-0.2, 0) is 22.9 Å². The summed E-state index contributed by atoms with van der Waals surface area (Å²) in [5.41, 5.74) is 4.12. The number of sulfonamides is 1. The fourth-order valence-corrected chi connectivity index (χ4v) is 6.13. The molecule has 9 heteroatoms. The van der Waals surface area contributed by atoms with E-state index in [4.69, 9.17) is 4.42 Å². The number of rotatable bonds is 5. The number of carbonyl (C=O) groups excluding carboxylic acids is 2. The molecule has 0 spiro atoms. The Morgan fingerprint density at radius 3 is 2.46 bits per heavy atom. The molecule has 1 fully saturated rings. The van der Waals surface area contributed by atoms with Crippen LogP contribution in [0.2, 0.25) is 0 Å². The minimum Gasteiger partial charge on any atom is -0.459 e. The van der Waals surface area contributed by atoms with Crippen molar-refractivity contribution in [3.63, 3.8) is 0 Å². The number of carbonyl (C=O) groups is 2. The van der Waals surface area contributed by atoms with E-state index >= 15 is 0 Å². The molecule has 2 aliphatic rings. The fourth-order valence-electron chi connectivity index (χ4n) is 4.65. The van der Waals surface area contributed by atoms with Gasteiger partial charge in [-0.2, -0.15) is 4.31 Å². The standard InChI is InChI=1S/C26H27N3O5S/c1-18-7-8-21(17-23(18)27-25(30)24-6-3-15-34-24)26(31)28-11-13-29(14-12-28)35(32,33)22-10-9-19-4-2-5-20(19)16-22/h3,6-10,15-17H,2,4-5,11-14H2,1H3,(H,27,30). The van der Waals surface area contributed by atoms with E-state index in [0.717, 1.165) is 30.4 Å². The van der Waals surface area contributed by atoms with Gasteiger partial charge in [0, 0.05) is 37.4 Å². The van der Waals surface area contributed by atoms with E-state index in [1.807, 2.05) is 13.0 Å². The molecule has 0 radical (unpaired) electrons. The molecule has 0 unspecified atom stereocenters. The molecule has 0 bridgehead atoms. The number of nitrogens with one attached hydrogen (secondary N) is 1. The Morgan fingerprint density at radius 1 is 0.943 bits per heavy atom. The van der Waals surface area contributed by atoms with Crippen LogP contribution in [0.1, 0.15) is 44.0 Å². The summed E-state index contributed by atoms with van der Waals surface area (Å²) in [6.45, 7) is 2.91. The molecule has 2 amide bonds. The van der Waals surface area contributed by atoms with Gasteiger partial charge in [-0.3, -0.25) is 9.59 Å². The Labute approximate surface area is 204 Å². The topological polar surface area (TPSA) is 99.9 Å². The summed E-state index contributed by atoms with van der Waals surface area (Å²) in [7, 11) is -3.61. The molecule has 1 saturated heterocycles. The van der Waals surface area contributed by atoms with E-state index in [2.05, 4.69) is 5.32 Å². The molecule has 0 saturated carbocycles. The first-order valence-corrected chi connectivity index (χ1v) is 13.1. The van der Waals surface area contributed by atoms with Gasteiger partial charge in [-0.1, -0.05) is 12.1 Å². The molecular weight excluding hydrogens is 466 g/mol. The Morgan fingerprint density at radius 2 is 1.71 bits per heavy atom. The van der Waals surface area contributed by atoms with Gasteiger partial charge in [0.2, 0.25) is 10.0 Å². The second kappa shape index (κ2) is 9.31. The van der Waals surface area contributed by atoms with Crippen LogP contribution in [0, 0.1) is 6.92 Å². The van der Waals surface area contributed by atoms with Gasteiger partial charge < -0.3 is 14.6 Å². The van der Waals surface area contributed by atoms with Crippen molar-refractivity contribution in [2.45, 2.75) is 31.1 Å². The average molecular weight is 494 g/mol. The number of anilines is 1. The molecule has 8 nitrogen and oxygen atoms in total. The second-order valence-corrected chi connectivity index (χ2v) is 10.9. The number of benzene rings is 2. The van der Waals surface area contributed by atoms with Crippen molar-refractivity contribution in [2.24, 2.45) is 0 Å². The maximum atomic E-state index is 13.2. The van der Waals surface area contributed by atoms with E-state index in [-0.39, 0.29) is 24.8 Å². The largest absolute Gasteiger partial charge is 0.459 e. The van der Waals surface area contributed by atoms with Crippen molar-refractivity contribution in [3.05, 3.63) is 82.8 Å². The lowest BCUT2D eigenvalue weighted by atomic mass is 10.1. The minimum absolute atomic E-state index is 0.182. The SMILES string of the molecule is Cc1ccc(C(=O)N2CCN(S(=O)(=O)c3ccc4c(c3)CCC4)CC2)cc1NC(=O)c1ccco1. The summed E-state index contributed by atoms with van der Waals surface area (Å²) < 4.78 is 33.0. The third kappa shape index (κ3) is 4.61. The first-order valence-electron chi connectivity index (χ1n) is 11.7. The summed E-state index contributed by atoms with van der Waals surface area (Å²) in [5, 5.41) is 2.78. The van der Waals surface area contributed by atoms with E-state index in [1.54, 1.807) is 47.4 Å². The molecule has 2 heterocycles. The fraction of sp³-hybridized carbons (Fsp3) is 0.308. The number of nitrogens with zero attached hydrogens (tertiary/aromatic N) is 2. The van der Waals surface area contributed by atoms with Crippen molar-refractivity contribution >= 4 is 27.5 Å². The molecule has 182 valence electrons. The van der Waals surface area contributed by atoms with Gasteiger partial charge in [-0.25, -0.2) is 8.42 Å². The van der Waals surface area contributed by atoms with E-state index in [9.17, 15) is 18.0 Å². The monoisotopic (exact) mass is 493 g/mol. The second-order valence-electron chi connectivity index (χ2n) is 8.94. The number of hydrogen-bond acceptors (Lipinski definition) is 5. The average Bonchev–Trinajstić information content (AvgIpc) is 3.57. The maximum absolute atomic E-state index is 13.2. The first-order chi connectivity index (χ1) is 16.8. The normalized spacial score (nSPS) is 16.2. The van der Waals surface area contributed by atoms with Crippen molar-refractivity contribution in [1.29, 1.82) is 0 Å². The third-order valence-electron chi connectivity index (χ3n) is 6.71. The number of aryl methyl sites for hydroxylation is 3. The molecule has 2 aromatic carbocycles. The number of fused-ring (bicyclic) bond motifs is 1. The molecule has 5 rings (SSSR count). The Hall–Kier alpha value is -3.43. The van der Waals surface area contributed by atoms with E-state index in [0.29, 0.717) is 29.2 Å². The van der Waals surface area contributed by atoms with Crippen LogP contribution >= 0.6 is 0 Å². The quantitative estimate of drug-likeness (QED) is 0.587. The number of hydrogen-bond donors (Lipinski definition) is 1. The van der Waals surface area contributed by atoms with Gasteiger partial charge in [0.25, 0.3) is 11.8 Å². The zero-order valence-electron chi connectivity index (χ0n) is 19.5. The van der Waals surface area contributed by atoms with Crippen LogP contribution in [0.4, 0.5) is 5.69 Å². The zero-order valence-corrected chi connectivity index (χ0v) is 20.3. The molecule has 1 aliphatic heterocycles. The van der Waals surface area contributed by atoms with Crippen LogP contribution in [-0.4, -0.2) is 55.6 Å². The van der Waals surface area contributed by atoms with Crippen LogP contribution in [0.15, 0.2) is 64.1 Å². The van der Waals surface area contributed by atoms with Crippen LogP contribution < -0.4 is 5.32 Å². The molecule has 1 aliphatic carbocycles. The molecular formula is C26H27N3O5S. The number of piperazine rings is 1. The number of amides is 2. The van der Waals surface area contributed by atoms with Gasteiger partial charge in [-0.15, -0.1) is 0 Å². The predicted octanol–water partition coefficient (Wildman–Crippen LogP) is 3.48. The highest BCUT2D eigenvalue weighted by Crippen LogP contribution is 2.27. The van der Waals surface area contributed by atoms with Gasteiger partial charge in [0.1, 0.15) is 0 Å². The lowest BCUT2D eigenvalue weighted by Crippen LogP contribution is -2.50. The minimum atomic E-state index is -3.61. The summed E-state index contributed by atoms with van der Waals surface area (Å²) >= 11 is 0. The zero-order chi connectivity index (χ0) is 24.6. The van der Waals surface area contributed by atoms with Crippen LogP contribution in [0.25, 0.3) is 0 Å². The Bertz CT molecular complexity index is 1370. The van der Waals surface area contributed by atoms with Gasteiger partial charge in [-0.05, 0) is 79.3 Å². The lowest BCUT2D eigenvalue weighted by Gasteiger charge is -2.34. The highest BCUT2D eigenvalue weighted by Gasteiger charge is 2.31. The van der Waals surface area contributed by atoms with Crippen molar-refractivity contribution in [1.82, 2.24) is 9.21 Å². The highest BCUT2D eigenvalue weighted by atomic mass is 32.2. The molecule has 35 heavy (non-hydrogen) atoms. The van der Waals surface area contributed by atoms with E-state index in [1.165, 1.54) is 16.1 Å².